The van der Waals surface area contributed by atoms with Gasteiger partial charge in [-0.15, -0.1) is 0 Å². The molecule has 2 aliphatic rings. The van der Waals surface area contributed by atoms with Gasteiger partial charge >= 0.3 is 0 Å². The molecule has 8 heteroatoms. The lowest BCUT2D eigenvalue weighted by molar-refractivity contribution is -0.915. The largest absolute Gasteiger partial charge is 0.495 e. The van der Waals surface area contributed by atoms with Gasteiger partial charge in [0.15, 0.2) is 6.04 Å². The average Bonchev–Trinajstić information content (AvgIpc) is 3.02. The first-order valence-electron chi connectivity index (χ1n) is 9.53. The molecule has 4 rings (SSSR count). The van der Waals surface area contributed by atoms with Crippen LogP contribution in [0.5, 0.6) is 5.75 Å². The minimum atomic E-state index is -0.415. The molecule has 2 amide bonds. The number of ether oxygens (including phenoxy) is 1. The van der Waals surface area contributed by atoms with Gasteiger partial charge in [0, 0.05) is 10.7 Å². The molecule has 0 saturated carbocycles. The maximum atomic E-state index is 13.1. The van der Waals surface area contributed by atoms with E-state index in [2.05, 4.69) is 4.90 Å². The minimum Gasteiger partial charge on any atom is -0.495 e. The number of quaternary nitrogens is 1. The smallest absolute Gasteiger partial charge is 0.292 e. The molecule has 1 atom stereocenters. The van der Waals surface area contributed by atoms with Crippen molar-refractivity contribution in [3.63, 3.8) is 0 Å². The number of hydrogen-bond acceptors (Lipinski definition) is 4. The van der Waals surface area contributed by atoms with Crippen molar-refractivity contribution in [2.24, 2.45) is 0 Å². The molecule has 29 heavy (non-hydrogen) atoms. The normalized spacial score (nSPS) is 20.4. The molecule has 0 unspecified atom stereocenters. The first kappa shape index (κ1) is 19.7. The van der Waals surface area contributed by atoms with Crippen LogP contribution >= 0.6 is 11.6 Å². The lowest BCUT2D eigenvalue weighted by Crippen LogP contribution is -3.19. The molecule has 2 fully saturated rings. The van der Waals surface area contributed by atoms with Crippen LogP contribution in [0.4, 0.5) is 15.8 Å². The zero-order chi connectivity index (χ0) is 20.5. The fraction of sp³-hybridized carbons (Fsp3) is 0.333. The zero-order valence-corrected chi connectivity index (χ0v) is 16.8. The van der Waals surface area contributed by atoms with Crippen LogP contribution in [0, 0.1) is 5.82 Å². The van der Waals surface area contributed by atoms with Crippen molar-refractivity contribution in [3.05, 3.63) is 53.3 Å². The number of piperazine rings is 1. The zero-order valence-electron chi connectivity index (χ0n) is 16.0. The van der Waals surface area contributed by atoms with Crippen molar-refractivity contribution in [1.82, 2.24) is 0 Å². The summed E-state index contributed by atoms with van der Waals surface area (Å²) >= 11 is 6.08. The Morgan fingerprint density at radius 2 is 1.79 bits per heavy atom. The maximum absolute atomic E-state index is 13.1. The van der Waals surface area contributed by atoms with Crippen LogP contribution in [-0.2, 0) is 9.59 Å². The maximum Gasteiger partial charge on any atom is 0.292 e. The molecule has 2 aromatic rings. The van der Waals surface area contributed by atoms with Crippen LogP contribution in [0.1, 0.15) is 6.42 Å². The summed E-state index contributed by atoms with van der Waals surface area (Å²) in [5, 5.41) is 0.435. The number of rotatable bonds is 4. The van der Waals surface area contributed by atoms with Gasteiger partial charge in [0.2, 0.25) is 5.91 Å². The number of anilines is 2. The van der Waals surface area contributed by atoms with Crippen molar-refractivity contribution in [2.45, 2.75) is 12.5 Å². The number of halogens is 2. The number of hydrogen-bond donors (Lipinski definition) is 1. The Morgan fingerprint density at radius 3 is 2.45 bits per heavy atom. The number of nitrogens with one attached hydrogen (secondary N) is 1. The molecule has 2 saturated heterocycles. The van der Waals surface area contributed by atoms with Crippen LogP contribution in [-0.4, -0.2) is 51.1 Å². The van der Waals surface area contributed by atoms with Gasteiger partial charge in [0.1, 0.15) is 11.6 Å². The van der Waals surface area contributed by atoms with Crippen LogP contribution in [0.3, 0.4) is 0 Å². The Hall–Kier alpha value is -2.64. The summed E-state index contributed by atoms with van der Waals surface area (Å²) in [6.45, 7) is 2.92. The lowest BCUT2D eigenvalue weighted by atomic mass is 10.1. The quantitative estimate of drug-likeness (QED) is 0.765. The number of nitrogens with zero attached hydrogens (tertiary/aromatic N) is 2. The molecule has 152 valence electrons. The van der Waals surface area contributed by atoms with Crippen molar-refractivity contribution < 1.29 is 23.6 Å². The Kier molecular flexibility index (Phi) is 5.43. The Bertz CT molecular complexity index is 929. The van der Waals surface area contributed by atoms with E-state index in [1.54, 1.807) is 30.3 Å². The van der Waals surface area contributed by atoms with Gasteiger partial charge in [-0.2, -0.15) is 0 Å². The minimum absolute atomic E-state index is 0.167. The molecule has 2 aromatic carbocycles. The van der Waals surface area contributed by atoms with Gasteiger partial charge in [-0.25, -0.2) is 9.29 Å². The second-order valence-electron chi connectivity index (χ2n) is 7.26. The van der Waals surface area contributed by atoms with Gasteiger partial charge in [0.25, 0.3) is 5.91 Å². The summed E-state index contributed by atoms with van der Waals surface area (Å²) in [7, 11) is 1.50. The van der Waals surface area contributed by atoms with Gasteiger partial charge in [0.05, 0.1) is 45.4 Å². The Labute approximate surface area is 173 Å². The summed E-state index contributed by atoms with van der Waals surface area (Å²) in [5.41, 5.74) is 1.35. The van der Waals surface area contributed by atoms with Gasteiger partial charge < -0.3 is 14.5 Å². The molecule has 1 N–H and O–H groups in total. The van der Waals surface area contributed by atoms with E-state index in [-0.39, 0.29) is 24.1 Å². The molecule has 0 bridgehead atoms. The van der Waals surface area contributed by atoms with Crippen LogP contribution < -0.4 is 19.4 Å². The third-order valence-electron chi connectivity index (χ3n) is 5.62. The van der Waals surface area contributed by atoms with Gasteiger partial charge in [-0.05, 0) is 42.5 Å². The van der Waals surface area contributed by atoms with E-state index in [0.717, 1.165) is 36.8 Å². The molecular weight excluding hydrogens is 397 g/mol. The predicted molar refractivity (Wildman–Crippen MR) is 108 cm³/mol. The molecular formula is C21H22ClFN3O3+. The second-order valence-corrected chi connectivity index (χ2v) is 7.70. The van der Waals surface area contributed by atoms with Crippen molar-refractivity contribution in [2.75, 3.05) is 43.1 Å². The van der Waals surface area contributed by atoms with Crippen molar-refractivity contribution >= 4 is 34.8 Å². The Balaban J connectivity index is 1.47. The highest BCUT2D eigenvalue weighted by atomic mass is 35.5. The van der Waals surface area contributed by atoms with Crippen LogP contribution in [0.2, 0.25) is 5.02 Å². The highest BCUT2D eigenvalue weighted by Crippen LogP contribution is 2.34. The first-order chi connectivity index (χ1) is 14.0. The highest BCUT2D eigenvalue weighted by Gasteiger charge is 2.47. The predicted octanol–water partition coefficient (Wildman–Crippen LogP) is 1.52. The fourth-order valence-electron chi connectivity index (χ4n) is 4.09. The van der Waals surface area contributed by atoms with E-state index < -0.39 is 6.04 Å². The number of benzene rings is 2. The van der Waals surface area contributed by atoms with E-state index in [4.69, 9.17) is 16.3 Å². The second kappa shape index (κ2) is 8.00. The molecule has 0 radical (unpaired) electrons. The van der Waals surface area contributed by atoms with E-state index in [0.29, 0.717) is 16.5 Å². The topological polar surface area (TPSA) is 54.3 Å². The monoisotopic (exact) mass is 418 g/mol. The molecule has 0 aromatic heterocycles. The Morgan fingerprint density at radius 1 is 1.10 bits per heavy atom. The summed E-state index contributed by atoms with van der Waals surface area (Å²) in [6, 6.07) is 10.9. The highest BCUT2D eigenvalue weighted by molar-refractivity contribution is 6.31. The molecule has 0 aliphatic carbocycles. The SMILES string of the molecule is COc1ccc(Cl)cc1N1C(=O)C[C@H]([NH+]2CCN(c3ccc(F)cc3)CC2)C1=O. The number of carbonyl (C=O) groups excluding carboxylic acids is 2. The molecule has 6 nitrogen and oxygen atoms in total. The number of imide groups is 1. The van der Waals surface area contributed by atoms with Gasteiger partial charge in [-0.3, -0.25) is 9.59 Å². The van der Waals surface area contributed by atoms with E-state index in [9.17, 15) is 14.0 Å². The summed E-state index contributed by atoms with van der Waals surface area (Å²) in [6.07, 6.45) is 0.167. The third kappa shape index (κ3) is 3.80. The lowest BCUT2D eigenvalue weighted by Gasteiger charge is -2.35. The number of methoxy groups -OCH3 is 1. The third-order valence-corrected chi connectivity index (χ3v) is 5.85. The standard InChI is InChI=1S/C21H21ClFN3O3/c1-29-19-7-2-14(22)12-17(19)26-20(27)13-18(21(26)28)25-10-8-24(9-11-25)16-5-3-15(23)4-6-16/h2-7,12,18H,8-11,13H2,1H3/p+1/t18-/m0/s1. The molecule has 2 heterocycles. The van der Waals surface area contributed by atoms with Crippen molar-refractivity contribution in [1.29, 1.82) is 0 Å². The van der Waals surface area contributed by atoms with E-state index in [1.807, 2.05) is 0 Å². The van der Waals surface area contributed by atoms with Crippen molar-refractivity contribution in [3.8, 4) is 5.75 Å². The summed E-state index contributed by atoms with van der Waals surface area (Å²) in [4.78, 5) is 30.3. The summed E-state index contributed by atoms with van der Waals surface area (Å²) < 4.78 is 18.5. The van der Waals surface area contributed by atoms with E-state index >= 15 is 0 Å². The number of amides is 2. The van der Waals surface area contributed by atoms with Crippen LogP contribution in [0.15, 0.2) is 42.5 Å². The van der Waals surface area contributed by atoms with Gasteiger partial charge in [-0.1, -0.05) is 11.6 Å². The molecule has 2 aliphatic heterocycles. The molecule has 0 spiro atoms. The average molecular weight is 419 g/mol. The first-order valence-corrected chi connectivity index (χ1v) is 9.91. The van der Waals surface area contributed by atoms with E-state index in [1.165, 1.54) is 24.1 Å². The summed E-state index contributed by atoms with van der Waals surface area (Å²) in [5.74, 6) is -0.285. The number of carbonyl (C=O) groups is 2. The van der Waals surface area contributed by atoms with Crippen LogP contribution in [0.25, 0.3) is 0 Å². The fourth-order valence-corrected chi connectivity index (χ4v) is 4.26.